The summed E-state index contributed by atoms with van der Waals surface area (Å²) in [6.07, 6.45) is 3.93. The molecule has 0 unspecified atom stereocenters. The van der Waals surface area contributed by atoms with Crippen LogP contribution < -0.4 is 25.1 Å². The Labute approximate surface area is 267 Å². The van der Waals surface area contributed by atoms with Crippen molar-refractivity contribution in [3.63, 3.8) is 0 Å². The summed E-state index contributed by atoms with van der Waals surface area (Å²) in [6.45, 7) is -0.997. The van der Waals surface area contributed by atoms with Crippen LogP contribution in [0.3, 0.4) is 0 Å². The van der Waals surface area contributed by atoms with Crippen LogP contribution in [0.5, 0.6) is 23.1 Å². The van der Waals surface area contributed by atoms with Crippen molar-refractivity contribution < 1.29 is 32.2 Å². The number of nitrogens with one attached hydrogen (secondary N) is 1. The van der Waals surface area contributed by atoms with Crippen molar-refractivity contribution in [2.24, 2.45) is 0 Å². The highest BCUT2D eigenvalue weighted by atomic mass is 19.3. The number of piperidine rings is 1. The van der Waals surface area contributed by atoms with Crippen molar-refractivity contribution in [2.45, 2.75) is 32.0 Å². The molecule has 244 valence electrons. The molecule has 1 aliphatic heterocycles. The first kappa shape index (κ1) is 31.6. The number of likely N-dealkylation sites (tertiary alicyclic amines) is 1. The number of carbonyl (C=O) groups excluding carboxylic acids is 1. The molecule has 4 heterocycles. The van der Waals surface area contributed by atoms with Gasteiger partial charge in [-0.2, -0.15) is 8.78 Å². The Morgan fingerprint density at radius 3 is 2.53 bits per heavy atom. The van der Waals surface area contributed by atoms with Gasteiger partial charge in [-0.15, -0.1) is 5.10 Å². The maximum Gasteiger partial charge on any atom is 0.321 e. The maximum atomic E-state index is 15.4. The van der Waals surface area contributed by atoms with E-state index in [2.05, 4.69) is 22.2 Å². The topological polar surface area (TPSA) is 113 Å². The van der Waals surface area contributed by atoms with E-state index >= 15 is 4.39 Å². The number of ether oxygens (including phenoxy) is 3. The monoisotopic (exact) mass is 648 g/mol. The van der Waals surface area contributed by atoms with Gasteiger partial charge in [-0.05, 0) is 61.9 Å². The van der Waals surface area contributed by atoms with Gasteiger partial charge >= 0.3 is 6.55 Å². The minimum atomic E-state index is -3.12. The molecule has 0 bridgehead atoms. The number of alkyl halides is 2. The van der Waals surface area contributed by atoms with Gasteiger partial charge in [-0.3, -0.25) is 14.2 Å². The molecule has 47 heavy (non-hydrogen) atoms. The highest BCUT2D eigenvalue weighted by Crippen LogP contribution is 2.38. The number of halogens is 3. The highest BCUT2D eigenvalue weighted by Gasteiger charge is 2.25. The Morgan fingerprint density at radius 1 is 1.06 bits per heavy atom. The maximum absolute atomic E-state index is 15.4. The van der Waals surface area contributed by atoms with Gasteiger partial charge in [0, 0.05) is 43.3 Å². The van der Waals surface area contributed by atoms with Gasteiger partial charge in [0.25, 0.3) is 11.5 Å². The number of hydrogen-bond acceptors (Lipinski definition) is 8. The summed E-state index contributed by atoms with van der Waals surface area (Å²) in [4.78, 5) is 31.7. The number of aromatic nitrogens is 4. The van der Waals surface area contributed by atoms with Gasteiger partial charge in [-0.25, -0.2) is 14.1 Å². The Balaban J connectivity index is 1.28. The minimum Gasteiger partial charge on any atom is -0.497 e. The third kappa shape index (κ3) is 6.92. The summed E-state index contributed by atoms with van der Waals surface area (Å²) in [5.74, 6) is -0.660. The Hall–Kier alpha value is -5.37. The van der Waals surface area contributed by atoms with Crippen molar-refractivity contribution in [1.29, 1.82) is 0 Å². The lowest BCUT2D eigenvalue weighted by Gasteiger charge is -2.28. The molecule has 2 aromatic carbocycles. The summed E-state index contributed by atoms with van der Waals surface area (Å²) in [6, 6.07) is 15.1. The first-order chi connectivity index (χ1) is 22.7. The van der Waals surface area contributed by atoms with Crippen LogP contribution in [0, 0.1) is 5.82 Å². The van der Waals surface area contributed by atoms with Crippen LogP contribution in [0.1, 0.15) is 35.3 Å². The van der Waals surface area contributed by atoms with Gasteiger partial charge in [-0.1, -0.05) is 12.1 Å². The molecule has 5 aromatic rings. The smallest absolute Gasteiger partial charge is 0.321 e. The number of amides is 1. The second-order valence-electron chi connectivity index (χ2n) is 11.1. The average Bonchev–Trinajstić information content (AvgIpc) is 3.40. The Morgan fingerprint density at radius 2 is 1.83 bits per heavy atom. The number of methoxy groups -OCH3 is 1. The summed E-state index contributed by atoms with van der Waals surface area (Å²) >= 11 is 0. The molecule has 0 aliphatic carbocycles. The first-order valence-corrected chi connectivity index (χ1v) is 14.8. The fourth-order valence-corrected chi connectivity index (χ4v) is 5.29. The summed E-state index contributed by atoms with van der Waals surface area (Å²) in [5.41, 5.74) is -0.279. The lowest BCUT2D eigenvalue weighted by atomic mass is 10.1. The molecule has 0 saturated carbocycles. The normalized spacial score (nSPS) is 14.0. The number of nitrogens with zero attached hydrogens (tertiary/aromatic N) is 5. The predicted octanol–water partition coefficient (Wildman–Crippen LogP) is 5.70. The third-order valence-electron chi connectivity index (χ3n) is 7.84. The standard InChI is InChI=1S/C33H31F3N6O5/c1-40-16-12-23(13-17-40)46-31-28-27(11-14-37-29(28)42(39-31)19-20-5-8-22(45-2)9-6-20)47-26-10-7-21(18-25(26)34)38-30(43)24-4-3-15-41(32(24)44)33(35)36/h3-11,14-15,18,23,33H,12-13,16-17,19H2,1-2H3,(H,38,43). The number of fused-ring (bicyclic) bond motifs is 1. The predicted molar refractivity (Wildman–Crippen MR) is 167 cm³/mol. The lowest BCUT2D eigenvalue weighted by Crippen LogP contribution is -2.35. The van der Waals surface area contributed by atoms with Crippen molar-refractivity contribution >= 4 is 22.6 Å². The first-order valence-electron chi connectivity index (χ1n) is 14.8. The number of hydrogen-bond donors (Lipinski definition) is 1. The SMILES string of the molecule is COc1ccc(Cn2nc(OC3CCN(C)CC3)c3c(Oc4ccc(NC(=O)c5cccn(C(F)F)c5=O)cc4F)ccnc32)cc1. The molecule has 14 heteroatoms. The molecular weight excluding hydrogens is 617 g/mol. The van der Waals surface area contributed by atoms with E-state index in [1.807, 2.05) is 24.3 Å². The van der Waals surface area contributed by atoms with Gasteiger partial charge in [0.05, 0.1) is 13.7 Å². The molecule has 1 fully saturated rings. The van der Waals surface area contributed by atoms with Crippen LogP contribution in [-0.2, 0) is 6.54 Å². The minimum absolute atomic E-state index is 0.00910. The summed E-state index contributed by atoms with van der Waals surface area (Å²) in [5, 5.41) is 7.60. The van der Waals surface area contributed by atoms with E-state index in [1.165, 1.54) is 18.3 Å². The van der Waals surface area contributed by atoms with E-state index < -0.39 is 29.4 Å². The Bertz CT molecular complexity index is 1960. The fourth-order valence-electron chi connectivity index (χ4n) is 5.29. The van der Waals surface area contributed by atoms with E-state index in [0.29, 0.717) is 23.5 Å². The Kier molecular flexibility index (Phi) is 9.11. The molecule has 3 aromatic heterocycles. The number of rotatable bonds is 10. The summed E-state index contributed by atoms with van der Waals surface area (Å²) < 4.78 is 61.1. The van der Waals surface area contributed by atoms with Crippen LogP contribution in [0.4, 0.5) is 18.9 Å². The zero-order valence-electron chi connectivity index (χ0n) is 25.5. The van der Waals surface area contributed by atoms with Crippen molar-refractivity contribution in [2.75, 3.05) is 32.6 Å². The van der Waals surface area contributed by atoms with Crippen LogP contribution in [0.25, 0.3) is 11.0 Å². The second-order valence-corrected chi connectivity index (χ2v) is 11.1. The average molecular weight is 649 g/mol. The number of anilines is 1. The van der Waals surface area contributed by atoms with Crippen LogP contribution >= 0.6 is 0 Å². The molecule has 0 radical (unpaired) electrons. The van der Waals surface area contributed by atoms with Gasteiger partial charge in [0.15, 0.2) is 17.2 Å². The van der Waals surface area contributed by atoms with E-state index in [-0.39, 0.29) is 27.9 Å². The lowest BCUT2D eigenvalue weighted by molar-refractivity contribution is 0.0659. The zero-order valence-corrected chi connectivity index (χ0v) is 25.5. The van der Waals surface area contributed by atoms with E-state index in [1.54, 1.807) is 17.9 Å². The zero-order chi connectivity index (χ0) is 33.1. The molecular formula is C33H31F3N6O5. The molecule has 1 amide bonds. The quantitative estimate of drug-likeness (QED) is 0.205. The molecule has 1 aliphatic rings. The number of pyridine rings is 2. The molecule has 0 atom stereocenters. The van der Waals surface area contributed by atoms with Gasteiger partial charge in [0.2, 0.25) is 5.88 Å². The number of benzene rings is 2. The molecule has 0 spiro atoms. The van der Waals surface area contributed by atoms with Crippen LogP contribution in [0.15, 0.2) is 77.9 Å². The molecule has 1 N–H and O–H groups in total. The van der Waals surface area contributed by atoms with E-state index in [9.17, 15) is 18.4 Å². The van der Waals surface area contributed by atoms with Gasteiger partial charge < -0.3 is 24.4 Å². The molecule has 1 saturated heterocycles. The number of carbonyl (C=O) groups is 1. The van der Waals surface area contributed by atoms with Crippen LogP contribution in [0.2, 0.25) is 0 Å². The molecule has 11 nitrogen and oxygen atoms in total. The van der Waals surface area contributed by atoms with Gasteiger partial charge in [0.1, 0.15) is 28.6 Å². The van der Waals surface area contributed by atoms with Crippen molar-refractivity contribution in [3.05, 3.63) is 100 Å². The van der Waals surface area contributed by atoms with E-state index in [4.69, 9.17) is 19.3 Å². The highest BCUT2D eigenvalue weighted by molar-refractivity contribution is 6.04. The van der Waals surface area contributed by atoms with Crippen molar-refractivity contribution in [1.82, 2.24) is 24.2 Å². The van der Waals surface area contributed by atoms with Crippen molar-refractivity contribution in [3.8, 4) is 23.1 Å². The third-order valence-corrected chi connectivity index (χ3v) is 7.84. The van der Waals surface area contributed by atoms with E-state index in [0.717, 1.165) is 61.6 Å². The fraction of sp³-hybridized carbons (Fsp3) is 0.273. The largest absolute Gasteiger partial charge is 0.497 e. The summed E-state index contributed by atoms with van der Waals surface area (Å²) in [7, 11) is 3.66. The second kappa shape index (κ2) is 13.5. The molecule has 6 rings (SSSR count). The van der Waals surface area contributed by atoms with Crippen LogP contribution in [-0.4, -0.2) is 63.5 Å².